The van der Waals surface area contributed by atoms with Crippen molar-refractivity contribution < 1.29 is 0 Å². The fraction of sp³-hybridized carbons (Fsp3) is 1.00. The number of hydrogen-bond donors (Lipinski definition) is 1. The van der Waals surface area contributed by atoms with E-state index in [0.717, 1.165) is 5.17 Å². The van der Waals surface area contributed by atoms with Gasteiger partial charge in [0.15, 0.2) is 0 Å². The van der Waals surface area contributed by atoms with Crippen molar-refractivity contribution in [3.05, 3.63) is 5.21 Å². The zero-order valence-electron chi connectivity index (χ0n) is 7.09. The molecule has 4 nitrogen and oxygen atoms in total. The molecular formula is C6H16N3O-. The molecular weight excluding hydrogens is 130 g/mol. The largest absolute Gasteiger partial charge is 0.770 e. The smallest absolute Gasteiger partial charge is 0.0669 e. The number of hydrogen-bond acceptors (Lipinski definition) is 4. The topological polar surface area (TPSA) is 55.6 Å². The monoisotopic (exact) mass is 146 g/mol. The zero-order chi connectivity index (χ0) is 8.36. The molecule has 0 amide bonds. The van der Waals surface area contributed by atoms with Crippen LogP contribution in [0.1, 0.15) is 20.3 Å². The Bertz CT molecular complexity index is 103. The molecule has 2 N–H and O–H groups in total. The van der Waals surface area contributed by atoms with E-state index in [1.54, 1.807) is 21.0 Å². The molecule has 0 aromatic heterocycles. The lowest BCUT2D eigenvalue weighted by atomic mass is 10.2. The molecule has 0 bridgehead atoms. The van der Waals surface area contributed by atoms with Crippen molar-refractivity contribution in [1.82, 2.24) is 10.2 Å². The van der Waals surface area contributed by atoms with Crippen LogP contribution >= 0.6 is 0 Å². The third-order valence-corrected chi connectivity index (χ3v) is 1.52. The second kappa shape index (κ2) is 3.30. The minimum absolute atomic E-state index is 0.634. The molecule has 0 aromatic rings. The predicted octanol–water partition coefficient (Wildman–Crippen LogP) is 0.348. The van der Waals surface area contributed by atoms with Gasteiger partial charge in [0.2, 0.25) is 0 Å². The normalized spacial score (nSPS) is 18.0. The zero-order valence-corrected chi connectivity index (χ0v) is 7.09. The van der Waals surface area contributed by atoms with Crippen molar-refractivity contribution >= 4 is 0 Å². The number of rotatable bonds is 3. The van der Waals surface area contributed by atoms with Crippen molar-refractivity contribution in [3.8, 4) is 0 Å². The molecule has 0 radical (unpaired) electrons. The van der Waals surface area contributed by atoms with Gasteiger partial charge in [0.05, 0.1) is 5.66 Å². The van der Waals surface area contributed by atoms with E-state index >= 15 is 0 Å². The molecule has 0 aliphatic heterocycles. The Morgan fingerprint density at radius 1 is 1.50 bits per heavy atom. The molecule has 0 saturated heterocycles. The number of hydroxylamine groups is 1. The standard InChI is InChI=1S/C6H16N3O/c1-5-6(2,7)9(10)8(3)4/h5,7H2,1-4H3/q-1. The van der Waals surface area contributed by atoms with Crippen LogP contribution in [0.2, 0.25) is 0 Å². The first-order chi connectivity index (χ1) is 4.41. The van der Waals surface area contributed by atoms with Crippen LogP contribution in [0, 0.1) is 5.21 Å². The van der Waals surface area contributed by atoms with Gasteiger partial charge < -0.3 is 16.1 Å². The highest BCUT2D eigenvalue weighted by molar-refractivity contribution is 4.75. The van der Waals surface area contributed by atoms with E-state index in [9.17, 15) is 5.21 Å². The first kappa shape index (κ1) is 9.84. The molecule has 0 aliphatic carbocycles. The summed E-state index contributed by atoms with van der Waals surface area (Å²) < 4.78 is 0. The molecule has 0 rings (SSSR count). The molecule has 1 atom stereocenters. The second-order valence-electron chi connectivity index (χ2n) is 2.83. The van der Waals surface area contributed by atoms with Crippen LogP contribution in [0.3, 0.4) is 0 Å². The lowest BCUT2D eigenvalue weighted by Crippen LogP contribution is -2.55. The average Bonchev–Trinajstić information content (AvgIpc) is 1.86. The van der Waals surface area contributed by atoms with Crippen LogP contribution in [0.4, 0.5) is 0 Å². The number of nitrogens with two attached hydrogens (primary N) is 1. The van der Waals surface area contributed by atoms with Crippen LogP contribution in [0.15, 0.2) is 0 Å². The summed E-state index contributed by atoms with van der Waals surface area (Å²) in [4.78, 5) is 0. The van der Waals surface area contributed by atoms with Gasteiger partial charge >= 0.3 is 0 Å². The van der Waals surface area contributed by atoms with Gasteiger partial charge in [-0.15, -0.1) is 0 Å². The summed E-state index contributed by atoms with van der Waals surface area (Å²) >= 11 is 0. The maximum Gasteiger partial charge on any atom is 0.0669 e. The van der Waals surface area contributed by atoms with Crippen molar-refractivity contribution in [2.24, 2.45) is 5.73 Å². The Morgan fingerprint density at radius 3 is 2.00 bits per heavy atom. The maximum absolute atomic E-state index is 11.1. The van der Waals surface area contributed by atoms with Crippen LogP contribution in [0.5, 0.6) is 0 Å². The Hall–Kier alpha value is -0.160. The lowest BCUT2D eigenvalue weighted by Gasteiger charge is -2.46. The van der Waals surface area contributed by atoms with Crippen molar-refractivity contribution in [2.75, 3.05) is 14.1 Å². The molecule has 10 heavy (non-hydrogen) atoms. The highest BCUT2D eigenvalue weighted by Gasteiger charge is 2.18. The van der Waals surface area contributed by atoms with Crippen LogP contribution < -0.4 is 5.73 Å². The minimum Gasteiger partial charge on any atom is -0.770 e. The third-order valence-electron chi connectivity index (χ3n) is 1.52. The van der Waals surface area contributed by atoms with Crippen molar-refractivity contribution in [3.63, 3.8) is 0 Å². The molecule has 0 heterocycles. The van der Waals surface area contributed by atoms with Gasteiger partial charge in [-0.25, -0.2) is 0 Å². The fourth-order valence-corrected chi connectivity index (χ4v) is 0.592. The number of hydrazine groups is 1. The van der Waals surface area contributed by atoms with Crippen LogP contribution in [-0.2, 0) is 0 Å². The van der Waals surface area contributed by atoms with Gasteiger partial charge in [-0.3, -0.25) is 5.01 Å². The first-order valence-electron chi connectivity index (χ1n) is 3.35. The quantitative estimate of drug-likeness (QED) is 0.461. The molecule has 62 valence electrons. The molecule has 0 saturated carbocycles. The van der Waals surface area contributed by atoms with Gasteiger partial charge in [-0.2, -0.15) is 0 Å². The Balaban J connectivity index is 4.03. The second-order valence-corrected chi connectivity index (χ2v) is 2.83. The van der Waals surface area contributed by atoms with E-state index in [2.05, 4.69) is 0 Å². The SMILES string of the molecule is CCC(C)(N)N([O-])N(C)C. The average molecular weight is 146 g/mol. The minimum atomic E-state index is -0.774. The molecule has 0 aliphatic rings. The predicted molar refractivity (Wildman–Crippen MR) is 41.8 cm³/mol. The highest BCUT2D eigenvalue weighted by Crippen LogP contribution is 2.10. The summed E-state index contributed by atoms with van der Waals surface area (Å²) in [5.74, 6) is 0. The van der Waals surface area contributed by atoms with E-state index in [0.29, 0.717) is 6.42 Å². The van der Waals surface area contributed by atoms with E-state index in [4.69, 9.17) is 5.73 Å². The molecule has 0 aromatic carbocycles. The Kier molecular flexibility index (Phi) is 3.24. The van der Waals surface area contributed by atoms with Gasteiger partial charge in [-0.05, 0) is 13.3 Å². The van der Waals surface area contributed by atoms with Crippen LogP contribution in [-0.4, -0.2) is 29.9 Å². The summed E-state index contributed by atoms with van der Waals surface area (Å²) in [6, 6.07) is 0. The van der Waals surface area contributed by atoms with E-state index in [1.165, 1.54) is 5.01 Å². The summed E-state index contributed by atoms with van der Waals surface area (Å²) in [5, 5.41) is 13.3. The Morgan fingerprint density at radius 2 is 1.90 bits per heavy atom. The van der Waals surface area contributed by atoms with Gasteiger partial charge in [0.25, 0.3) is 0 Å². The van der Waals surface area contributed by atoms with Crippen LogP contribution in [0.25, 0.3) is 0 Å². The first-order valence-corrected chi connectivity index (χ1v) is 3.35. The molecule has 4 heteroatoms. The Labute approximate surface area is 62.1 Å². The number of nitrogens with zero attached hydrogens (tertiary/aromatic N) is 2. The van der Waals surface area contributed by atoms with Crippen molar-refractivity contribution in [1.29, 1.82) is 0 Å². The molecule has 0 spiro atoms. The summed E-state index contributed by atoms with van der Waals surface area (Å²) in [5.41, 5.74) is 4.86. The summed E-state index contributed by atoms with van der Waals surface area (Å²) in [6.07, 6.45) is 0.634. The van der Waals surface area contributed by atoms with Crippen molar-refractivity contribution in [2.45, 2.75) is 25.9 Å². The lowest BCUT2D eigenvalue weighted by molar-refractivity contribution is -0.0211. The van der Waals surface area contributed by atoms with Gasteiger partial charge in [0, 0.05) is 14.1 Å². The van der Waals surface area contributed by atoms with Gasteiger partial charge in [0.1, 0.15) is 0 Å². The third kappa shape index (κ3) is 2.22. The van der Waals surface area contributed by atoms with E-state index < -0.39 is 5.66 Å². The summed E-state index contributed by atoms with van der Waals surface area (Å²) in [6.45, 7) is 3.59. The highest BCUT2D eigenvalue weighted by atomic mass is 16.6. The van der Waals surface area contributed by atoms with E-state index in [1.807, 2.05) is 6.92 Å². The molecule has 0 fully saturated rings. The van der Waals surface area contributed by atoms with Gasteiger partial charge in [-0.1, -0.05) is 6.92 Å². The fourth-order valence-electron chi connectivity index (χ4n) is 0.592. The maximum atomic E-state index is 11.1. The van der Waals surface area contributed by atoms with E-state index in [-0.39, 0.29) is 0 Å². The molecule has 1 unspecified atom stereocenters. The summed E-state index contributed by atoms with van der Waals surface area (Å²) in [7, 11) is 3.35.